The van der Waals surface area contributed by atoms with Gasteiger partial charge >= 0.3 is 6.09 Å². The highest BCUT2D eigenvalue weighted by molar-refractivity contribution is 7.89. The first-order chi connectivity index (χ1) is 14.5. The summed E-state index contributed by atoms with van der Waals surface area (Å²) in [7, 11) is -3.70. The SMILES string of the molecule is Cc1ccc(NC(=O)[C@@H]2CCCN2C(=O)OC(C)(C)C)cc1S(=O)(=O)N1CCOCC1. The molecule has 10 heteroatoms. The van der Waals surface area contributed by atoms with Crippen LogP contribution >= 0.6 is 0 Å². The summed E-state index contributed by atoms with van der Waals surface area (Å²) in [5, 5.41) is 2.78. The van der Waals surface area contributed by atoms with Crippen molar-refractivity contribution >= 4 is 27.7 Å². The molecular weight excluding hydrogens is 422 g/mol. The predicted octanol–water partition coefficient (Wildman–Crippen LogP) is 2.35. The van der Waals surface area contributed by atoms with Crippen LogP contribution in [-0.4, -0.2) is 74.1 Å². The van der Waals surface area contributed by atoms with Crippen molar-refractivity contribution in [1.82, 2.24) is 9.21 Å². The number of morpholine rings is 1. The Morgan fingerprint density at radius 1 is 1.16 bits per heavy atom. The highest BCUT2D eigenvalue weighted by atomic mass is 32.2. The standard InChI is InChI=1S/C21H31N3O6S/c1-15-7-8-16(14-18(15)31(27,28)23-10-12-29-13-11-23)22-19(25)17-6-5-9-24(17)20(26)30-21(2,3)4/h7-8,14,17H,5-6,9-13H2,1-4H3,(H,22,25)/t17-/m0/s1. The number of rotatable bonds is 4. The molecule has 31 heavy (non-hydrogen) atoms. The fourth-order valence-corrected chi connectivity index (χ4v) is 5.34. The van der Waals surface area contributed by atoms with Gasteiger partial charge in [-0.1, -0.05) is 6.07 Å². The lowest BCUT2D eigenvalue weighted by Gasteiger charge is -2.28. The van der Waals surface area contributed by atoms with E-state index in [4.69, 9.17) is 9.47 Å². The maximum atomic E-state index is 13.1. The van der Waals surface area contributed by atoms with Gasteiger partial charge in [0.05, 0.1) is 18.1 Å². The normalized spacial score (nSPS) is 20.5. The molecule has 0 bridgehead atoms. The molecule has 1 aromatic rings. The van der Waals surface area contributed by atoms with Gasteiger partial charge in [-0.15, -0.1) is 0 Å². The van der Waals surface area contributed by atoms with Crippen molar-refractivity contribution in [3.05, 3.63) is 23.8 Å². The van der Waals surface area contributed by atoms with Crippen LogP contribution in [0.1, 0.15) is 39.2 Å². The summed E-state index contributed by atoms with van der Waals surface area (Å²) in [6.45, 7) is 8.80. The van der Waals surface area contributed by atoms with Gasteiger partial charge in [-0.25, -0.2) is 13.2 Å². The minimum absolute atomic E-state index is 0.155. The molecule has 2 aliphatic rings. The zero-order valence-electron chi connectivity index (χ0n) is 18.5. The fraction of sp³-hybridized carbons (Fsp3) is 0.619. The summed E-state index contributed by atoms with van der Waals surface area (Å²) in [4.78, 5) is 27.0. The van der Waals surface area contributed by atoms with Crippen LogP contribution in [0.15, 0.2) is 23.1 Å². The molecule has 0 aliphatic carbocycles. The van der Waals surface area contributed by atoms with E-state index in [0.29, 0.717) is 56.9 Å². The molecule has 2 heterocycles. The minimum Gasteiger partial charge on any atom is -0.444 e. The summed E-state index contributed by atoms with van der Waals surface area (Å²) in [5.41, 5.74) is 0.319. The highest BCUT2D eigenvalue weighted by Crippen LogP contribution is 2.26. The van der Waals surface area contributed by atoms with E-state index in [2.05, 4.69) is 5.32 Å². The maximum absolute atomic E-state index is 13.1. The summed E-state index contributed by atoms with van der Waals surface area (Å²) in [6.07, 6.45) is 0.697. The Kier molecular flexibility index (Phi) is 6.92. The number of aryl methyl sites for hydroxylation is 1. The molecule has 0 aromatic heterocycles. The van der Waals surface area contributed by atoms with Crippen molar-refractivity contribution in [3.8, 4) is 0 Å². The van der Waals surface area contributed by atoms with Crippen molar-refractivity contribution in [2.24, 2.45) is 0 Å². The van der Waals surface area contributed by atoms with Crippen LogP contribution in [0.25, 0.3) is 0 Å². The van der Waals surface area contributed by atoms with Crippen molar-refractivity contribution in [1.29, 1.82) is 0 Å². The summed E-state index contributed by atoms with van der Waals surface area (Å²) < 4.78 is 38.2. The molecule has 2 fully saturated rings. The van der Waals surface area contributed by atoms with E-state index in [1.165, 1.54) is 15.3 Å². The highest BCUT2D eigenvalue weighted by Gasteiger charge is 2.37. The van der Waals surface area contributed by atoms with E-state index >= 15 is 0 Å². The van der Waals surface area contributed by atoms with Crippen molar-refractivity contribution in [2.75, 3.05) is 38.2 Å². The number of hydrogen-bond acceptors (Lipinski definition) is 6. The molecule has 9 nitrogen and oxygen atoms in total. The Morgan fingerprint density at radius 2 is 1.84 bits per heavy atom. The largest absolute Gasteiger partial charge is 0.444 e. The molecule has 2 saturated heterocycles. The maximum Gasteiger partial charge on any atom is 0.410 e. The Hall–Kier alpha value is -2.17. The summed E-state index contributed by atoms with van der Waals surface area (Å²) in [6, 6.07) is 4.15. The molecule has 2 amide bonds. The number of amides is 2. The van der Waals surface area contributed by atoms with Crippen LogP contribution in [0.4, 0.5) is 10.5 Å². The van der Waals surface area contributed by atoms with E-state index in [0.717, 1.165) is 0 Å². The second-order valence-corrected chi connectivity index (χ2v) is 10.7. The van der Waals surface area contributed by atoms with Gasteiger partial charge in [0.15, 0.2) is 0 Å². The summed E-state index contributed by atoms with van der Waals surface area (Å²) >= 11 is 0. The molecule has 0 unspecified atom stereocenters. The van der Waals surface area contributed by atoms with Gasteiger partial charge < -0.3 is 14.8 Å². The van der Waals surface area contributed by atoms with Gasteiger partial charge in [-0.05, 0) is 58.2 Å². The Bertz CT molecular complexity index is 935. The van der Waals surface area contributed by atoms with Gasteiger partial charge in [0.1, 0.15) is 11.6 Å². The smallest absolute Gasteiger partial charge is 0.410 e. The van der Waals surface area contributed by atoms with Crippen LogP contribution in [-0.2, 0) is 24.3 Å². The van der Waals surface area contributed by atoms with E-state index in [9.17, 15) is 18.0 Å². The number of likely N-dealkylation sites (tertiary alicyclic amines) is 1. The van der Waals surface area contributed by atoms with Crippen LogP contribution < -0.4 is 5.32 Å². The number of benzene rings is 1. The van der Waals surface area contributed by atoms with Gasteiger partial charge in [-0.2, -0.15) is 4.31 Å². The van der Waals surface area contributed by atoms with Gasteiger partial charge in [-0.3, -0.25) is 9.69 Å². The fourth-order valence-electron chi connectivity index (χ4n) is 3.69. The topological polar surface area (TPSA) is 105 Å². The lowest BCUT2D eigenvalue weighted by molar-refractivity contribution is -0.120. The molecule has 0 spiro atoms. The van der Waals surface area contributed by atoms with Crippen LogP contribution in [0.2, 0.25) is 0 Å². The van der Waals surface area contributed by atoms with E-state index in [1.807, 2.05) is 0 Å². The second kappa shape index (κ2) is 9.13. The Morgan fingerprint density at radius 3 is 2.48 bits per heavy atom. The predicted molar refractivity (Wildman–Crippen MR) is 115 cm³/mol. The molecule has 0 radical (unpaired) electrons. The molecular formula is C21H31N3O6S. The first kappa shape index (κ1) is 23.5. The average molecular weight is 454 g/mol. The number of sulfonamides is 1. The number of carbonyl (C=O) groups is 2. The van der Waals surface area contributed by atoms with Crippen LogP contribution in [0, 0.1) is 6.92 Å². The van der Waals surface area contributed by atoms with Crippen molar-refractivity contribution in [3.63, 3.8) is 0 Å². The van der Waals surface area contributed by atoms with Crippen LogP contribution in [0.5, 0.6) is 0 Å². The molecule has 1 N–H and O–H groups in total. The van der Waals surface area contributed by atoms with E-state index in [-0.39, 0.29) is 10.8 Å². The third kappa shape index (κ3) is 5.55. The number of carbonyl (C=O) groups excluding carboxylic acids is 2. The monoisotopic (exact) mass is 453 g/mol. The summed E-state index contributed by atoms with van der Waals surface area (Å²) in [5.74, 6) is -0.359. The zero-order valence-corrected chi connectivity index (χ0v) is 19.3. The molecule has 1 aromatic carbocycles. The Balaban J connectivity index is 1.76. The third-order valence-electron chi connectivity index (χ3n) is 5.23. The lowest BCUT2D eigenvalue weighted by atomic mass is 10.2. The number of hydrogen-bond donors (Lipinski definition) is 1. The zero-order chi connectivity index (χ0) is 22.8. The number of nitrogens with zero attached hydrogens (tertiary/aromatic N) is 2. The minimum atomic E-state index is -3.70. The molecule has 0 saturated carbocycles. The first-order valence-corrected chi connectivity index (χ1v) is 11.9. The quantitative estimate of drug-likeness (QED) is 0.750. The van der Waals surface area contributed by atoms with Crippen molar-refractivity contribution < 1.29 is 27.5 Å². The number of nitrogens with one attached hydrogen (secondary N) is 1. The number of ether oxygens (including phenoxy) is 2. The van der Waals surface area contributed by atoms with E-state index in [1.54, 1.807) is 39.8 Å². The molecule has 3 rings (SSSR count). The van der Waals surface area contributed by atoms with Crippen LogP contribution in [0.3, 0.4) is 0 Å². The van der Waals surface area contributed by atoms with E-state index < -0.39 is 27.8 Å². The van der Waals surface area contributed by atoms with Gasteiger partial charge in [0, 0.05) is 25.3 Å². The third-order valence-corrected chi connectivity index (χ3v) is 7.27. The molecule has 172 valence electrons. The Labute approximate surface area is 183 Å². The lowest BCUT2D eigenvalue weighted by Crippen LogP contribution is -2.45. The van der Waals surface area contributed by atoms with Gasteiger partial charge in [0.25, 0.3) is 0 Å². The number of anilines is 1. The molecule has 1 atom stereocenters. The van der Waals surface area contributed by atoms with Gasteiger partial charge in [0.2, 0.25) is 15.9 Å². The van der Waals surface area contributed by atoms with Crippen molar-refractivity contribution in [2.45, 2.75) is 57.1 Å². The first-order valence-electron chi connectivity index (χ1n) is 10.5. The average Bonchev–Trinajstić information content (AvgIpc) is 3.19. The molecule has 2 aliphatic heterocycles. The second-order valence-electron chi connectivity index (χ2n) is 8.82.